The van der Waals surface area contributed by atoms with E-state index in [1.807, 2.05) is 29.3 Å². The number of aromatic nitrogens is 2. The van der Waals surface area contributed by atoms with Crippen LogP contribution in [0.2, 0.25) is 0 Å². The molecule has 0 bridgehead atoms. The number of hydrogen-bond acceptors (Lipinski definition) is 3. The minimum atomic E-state index is 0.351. The average molecular weight is 275 g/mol. The zero-order chi connectivity index (χ0) is 13.4. The Morgan fingerprint density at radius 2 is 2.37 bits per heavy atom. The third-order valence-corrected chi connectivity index (χ3v) is 5.24. The molecule has 0 aromatic carbocycles. The molecule has 3 rings (SSSR count). The molecule has 2 heterocycles. The fourth-order valence-electron chi connectivity index (χ4n) is 2.99. The van der Waals surface area contributed by atoms with Crippen LogP contribution >= 0.6 is 11.3 Å². The van der Waals surface area contributed by atoms with Crippen LogP contribution in [-0.4, -0.2) is 9.78 Å². The van der Waals surface area contributed by atoms with Gasteiger partial charge in [-0.1, -0.05) is 0 Å². The van der Waals surface area contributed by atoms with Gasteiger partial charge in [-0.25, -0.2) is 0 Å². The van der Waals surface area contributed by atoms with Crippen LogP contribution in [0.25, 0.3) is 0 Å². The molecular formula is C15H21N3S. The third kappa shape index (κ3) is 2.35. The Hall–Kier alpha value is -1.13. The van der Waals surface area contributed by atoms with Crippen LogP contribution in [0.1, 0.15) is 53.5 Å². The van der Waals surface area contributed by atoms with E-state index in [1.54, 1.807) is 4.88 Å². The second-order valence-electron chi connectivity index (χ2n) is 5.44. The Morgan fingerprint density at radius 1 is 1.53 bits per heavy atom. The highest BCUT2D eigenvalue weighted by Crippen LogP contribution is 2.35. The molecule has 0 saturated heterocycles. The number of rotatable bonds is 3. The van der Waals surface area contributed by atoms with E-state index in [0.29, 0.717) is 12.1 Å². The molecule has 3 nitrogen and oxygen atoms in total. The quantitative estimate of drug-likeness (QED) is 0.929. The molecule has 0 aliphatic heterocycles. The van der Waals surface area contributed by atoms with E-state index in [4.69, 9.17) is 0 Å². The Balaban J connectivity index is 1.78. The van der Waals surface area contributed by atoms with Crippen LogP contribution in [0.4, 0.5) is 0 Å². The van der Waals surface area contributed by atoms with Crippen LogP contribution in [0.5, 0.6) is 0 Å². The summed E-state index contributed by atoms with van der Waals surface area (Å²) in [5.74, 6) is 0. The molecule has 102 valence electrons. The first-order chi connectivity index (χ1) is 9.16. The van der Waals surface area contributed by atoms with E-state index >= 15 is 0 Å². The zero-order valence-corrected chi connectivity index (χ0v) is 12.6. The standard InChI is InChI=1S/C15H21N3S/c1-10(13-9-16-18(3)11(13)2)17-14-5-4-6-15-12(14)7-8-19-15/h7-10,14,17H,4-6H2,1-3H3. The molecule has 0 saturated carbocycles. The molecule has 1 aliphatic carbocycles. The Bertz CT molecular complexity index is 570. The van der Waals surface area contributed by atoms with E-state index in [9.17, 15) is 0 Å². The maximum Gasteiger partial charge on any atom is 0.0540 e. The molecule has 2 aromatic heterocycles. The van der Waals surface area contributed by atoms with Crippen molar-refractivity contribution in [3.8, 4) is 0 Å². The number of fused-ring (bicyclic) bond motifs is 1. The van der Waals surface area contributed by atoms with E-state index in [1.165, 1.54) is 36.1 Å². The lowest BCUT2D eigenvalue weighted by Crippen LogP contribution is -2.27. The van der Waals surface area contributed by atoms with Crippen molar-refractivity contribution in [3.63, 3.8) is 0 Å². The van der Waals surface area contributed by atoms with Gasteiger partial charge in [-0.15, -0.1) is 11.3 Å². The van der Waals surface area contributed by atoms with Crippen LogP contribution in [-0.2, 0) is 13.5 Å². The third-order valence-electron chi connectivity index (χ3n) is 4.24. The lowest BCUT2D eigenvalue weighted by molar-refractivity contribution is 0.417. The zero-order valence-electron chi connectivity index (χ0n) is 11.8. The molecule has 4 heteroatoms. The molecular weight excluding hydrogens is 254 g/mol. The van der Waals surface area contributed by atoms with Crippen molar-refractivity contribution < 1.29 is 0 Å². The van der Waals surface area contributed by atoms with Gasteiger partial charge in [0.15, 0.2) is 0 Å². The van der Waals surface area contributed by atoms with Gasteiger partial charge in [0.25, 0.3) is 0 Å². The second kappa shape index (κ2) is 5.10. The summed E-state index contributed by atoms with van der Waals surface area (Å²) in [6, 6.07) is 3.15. The summed E-state index contributed by atoms with van der Waals surface area (Å²) in [5, 5.41) is 10.4. The molecule has 0 radical (unpaired) electrons. The monoisotopic (exact) mass is 275 g/mol. The number of nitrogens with zero attached hydrogens (tertiary/aromatic N) is 2. The van der Waals surface area contributed by atoms with E-state index in [2.05, 4.69) is 35.7 Å². The highest BCUT2D eigenvalue weighted by atomic mass is 32.1. The van der Waals surface area contributed by atoms with Crippen molar-refractivity contribution in [2.45, 2.75) is 45.2 Å². The van der Waals surface area contributed by atoms with Gasteiger partial charge in [-0.3, -0.25) is 4.68 Å². The summed E-state index contributed by atoms with van der Waals surface area (Å²) in [6.45, 7) is 4.38. The van der Waals surface area contributed by atoms with Crippen molar-refractivity contribution in [2.24, 2.45) is 7.05 Å². The van der Waals surface area contributed by atoms with Crippen molar-refractivity contribution in [1.82, 2.24) is 15.1 Å². The highest BCUT2D eigenvalue weighted by Gasteiger charge is 2.23. The van der Waals surface area contributed by atoms with Gasteiger partial charge in [-0.2, -0.15) is 5.10 Å². The number of nitrogens with one attached hydrogen (secondary N) is 1. The van der Waals surface area contributed by atoms with Crippen molar-refractivity contribution in [2.75, 3.05) is 0 Å². The van der Waals surface area contributed by atoms with E-state index in [-0.39, 0.29) is 0 Å². The van der Waals surface area contributed by atoms with Crippen molar-refractivity contribution >= 4 is 11.3 Å². The van der Waals surface area contributed by atoms with Gasteiger partial charge in [0.1, 0.15) is 0 Å². The molecule has 0 amide bonds. The molecule has 19 heavy (non-hydrogen) atoms. The summed E-state index contributed by atoms with van der Waals surface area (Å²) in [6.07, 6.45) is 5.78. The van der Waals surface area contributed by atoms with Gasteiger partial charge in [-0.05, 0) is 50.1 Å². The first-order valence-corrected chi connectivity index (χ1v) is 7.85. The second-order valence-corrected chi connectivity index (χ2v) is 6.44. The lowest BCUT2D eigenvalue weighted by Gasteiger charge is -2.27. The highest BCUT2D eigenvalue weighted by molar-refractivity contribution is 7.10. The molecule has 1 aliphatic rings. The molecule has 2 unspecified atom stereocenters. The smallest absolute Gasteiger partial charge is 0.0540 e. The molecule has 2 atom stereocenters. The summed E-state index contributed by atoms with van der Waals surface area (Å²) < 4.78 is 1.95. The van der Waals surface area contributed by atoms with Gasteiger partial charge in [0.05, 0.1) is 6.20 Å². The molecule has 1 N–H and O–H groups in total. The largest absolute Gasteiger partial charge is 0.303 e. The van der Waals surface area contributed by atoms with E-state index in [0.717, 1.165) is 0 Å². The minimum Gasteiger partial charge on any atom is -0.303 e. The molecule has 0 spiro atoms. The first-order valence-electron chi connectivity index (χ1n) is 6.97. The first kappa shape index (κ1) is 12.9. The number of thiophene rings is 1. The number of hydrogen-bond donors (Lipinski definition) is 1. The summed E-state index contributed by atoms with van der Waals surface area (Å²) in [7, 11) is 2.00. The van der Waals surface area contributed by atoms with Crippen LogP contribution in [0, 0.1) is 6.92 Å². The van der Waals surface area contributed by atoms with Gasteiger partial charge in [0.2, 0.25) is 0 Å². The Labute approximate surface area is 118 Å². The normalized spacial score (nSPS) is 20.3. The predicted molar refractivity (Wildman–Crippen MR) is 79.5 cm³/mol. The number of aryl methyl sites for hydroxylation is 2. The fraction of sp³-hybridized carbons (Fsp3) is 0.533. The van der Waals surface area contributed by atoms with Gasteiger partial charge >= 0.3 is 0 Å². The topological polar surface area (TPSA) is 29.9 Å². The van der Waals surface area contributed by atoms with Gasteiger partial charge in [0, 0.05) is 35.3 Å². The van der Waals surface area contributed by atoms with Crippen molar-refractivity contribution in [1.29, 1.82) is 0 Å². The minimum absolute atomic E-state index is 0.351. The molecule has 0 fully saturated rings. The fourth-order valence-corrected chi connectivity index (χ4v) is 3.98. The Kier molecular flexibility index (Phi) is 3.46. The van der Waals surface area contributed by atoms with Crippen LogP contribution in [0.3, 0.4) is 0 Å². The summed E-state index contributed by atoms with van der Waals surface area (Å²) in [4.78, 5) is 1.57. The summed E-state index contributed by atoms with van der Waals surface area (Å²) >= 11 is 1.90. The average Bonchev–Trinajstić information content (AvgIpc) is 2.98. The molecule has 2 aromatic rings. The van der Waals surface area contributed by atoms with E-state index < -0.39 is 0 Å². The maximum atomic E-state index is 4.34. The van der Waals surface area contributed by atoms with Crippen LogP contribution in [0.15, 0.2) is 17.6 Å². The van der Waals surface area contributed by atoms with Crippen LogP contribution < -0.4 is 5.32 Å². The maximum absolute atomic E-state index is 4.34. The predicted octanol–water partition coefficient (Wildman–Crippen LogP) is 3.52. The van der Waals surface area contributed by atoms with Gasteiger partial charge < -0.3 is 5.32 Å². The SMILES string of the molecule is Cc1c(C(C)NC2CCCc3sccc32)cnn1C. The Morgan fingerprint density at radius 3 is 3.11 bits per heavy atom. The lowest BCUT2D eigenvalue weighted by atomic mass is 9.93. The summed E-state index contributed by atoms with van der Waals surface area (Å²) in [5.41, 5.74) is 4.08. The van der Waals surface area contributed by atoms with Crippen molar-refractivity contribution in [3.05, 3.63) is 39.3 Å².